The van der Waals surface area contributed by atoms with Gasteiger partial charge in [0.05, 0.1) is 0 Å². The molecular weight excluding hydrogens is 238 g/mol. The Bertz CT molecular complexity index is 406. The number of para-hydroxylation sites is 1. The van der Waals surface area contributed by atoms with Crippen LogP contribution in [0.25, 0.3) is 0 Å². The van der Waals surface area contributed by atoms with Gasteiger partial charge in [0.25, 0.3) is 0 Å². The van der Waals surface area contributed by atoms with E-state index >= 15 is 0 Å². The van der Waals surface area contributed by atoms with E-state index in [2.05, 4.69) is 43.1 Å². The lowest BCUT2D eigenvalue weighted by Gasteiger charge is -2.28. The summed E-state index contributed by atoms with van der Waals surface area (Å²) in [6, 6.07) is 7.89. The van der Waals surface area contributed by atoms with E-state index in [0.717, 1.165) is 25.2 Å². The van der Waals surface area contributed by atoms with Gasteiger partial charge in [0, 0.05) is 18.8 Å². The summed E-state index contributed by atoms with van der Waals surface area (Å²) in [4.78, 5) is 13.7. The molecule has 0 saturated heterocycles. The Balaban J connectivity index is 2.79. The zero-order chi connectivity index (χ0) is 14.3. The van der Waals surface area contributed by atoms with Crippen molar-refractivity contribution in [3.63, 3.8) is 0 Å². The first-order valence-corrected chi connectivity index (χ1v) is 6.93. The van der Waals surface area contributed by atoms with Gasteiger partial charge in [-0.15, -0.1) is 0 Å². The number of hydrogen-bond acceptors (Lipinski definition) is 3. The van der Waals surface area contributed by atoms with Crippen LogP contribution in [0.3, 0.4) is 0 Å². The van der Waals surface area contributed by atoms with Crippen LogP contribution in [0.2, 0.25) is 0 Å². The monoisotopic (exact) mass is 263 g/mol. The molecular formula is C15H25N3O. The topological polar surface area (TPSA) is 58.4 Å². The predicted octanol–water partition coefficient (Wildman–Crippen LogP) is 1.67. The number of nitrogens with one attached hydrogen (secondary N) is 1. The van der Waals surface area contributed by atoms with E-state index in [9.17, 15) is 4.79 Å². The van der Waals surface area contributed by atoms with Gasteiger partial charge in [-0.2, -0.15) is 0 Å². The molecule has 1 aromatic rings. The fourth-order valence-electron chi connectivity index (χ4n) is 2.11. The summed E-state index contributed by atoms with van der Waals surface area (Å²) in [5.41, 5.74) is 7.84. The van der Waals surface area contributed by atoms with Crippen LogP contribution in [-0.4, -0.2) is 31.6 Å². The molecule has 106 valence electrons. The fraction of sp³-hybridized carbons (Fsp3) is 0.533. The molecule has 0 radical (unpaired) electrons. The first kappa shape index (κ1) is 15.5. The summed E-state index contributed by atoms with van der Waals surface area (Å²) in [5.74, 6) is -0.291. The Morgan fingerprint density at radius 3 is 2.58 bits per heavy atom. The number of likely N-dealkylation sites (N-methyl/N-ethyl adjacent to an activating group) is 1. The van der Waals surface area contributed by atoms with Gasteiger partial charge in [-0.3, -0.25) is 4.79 Å². The van der Waals surface area contributed by atoms with Crippen molar-refractivity contribution in [2.45, 2.75) is 33.2 Å². The number of aryl methyl sites for hydroxylation is 1. The van der Waals surface area contributed by atoms with Crippen LogP contribution >= 0.6 is 0 Å². The number of carbonyl (C=O) groups excluding carboxylic acids is 1. The highest BCUT2D eigenvalue weighted by Gasteiger charge is 2.18. The third-order valence-electron chi connectivity index (χ3n) is 3.23. The van der Waals surface area contributed by atoms with Gasteiger partial charge in [-0.1, -0.05) is 25.1 Å². The maximum Gasteiger partial charge on any atom is 0.236 e. The van der Waals surface area contributed by atoms with Crippen molar-refractivity contribution in [2.24, 2.45) is 5.73 Å². The molecule has 0 bridgehead atoms. The summed E-state index contributed by atoms with van der Waals surface area (Å²) in [6.07, 6.45) is 0.986. The van der Waals surface area contributed by atoms with E-state index in [1.165, 1.54) is 5.56 Å². The van der Waals surface area contributed by atoms with Gasteiger partial charge in [0.1, 0.15) is 6.04 Å². The Morgan fingerprint density at radius 1 is 1.37 bits per heavy atom. The van der Waals surface area contributed by atoms with Crippen molar-refractivity contribution < 1.29 is 4.79 Å². The van der Waals surface area contributed by atoms with Gasteiger partial charge >= 0.3 is 0 Å². The van der Waals surface area contributed by atoms with Crippen molar-refractivity contribution in [3.05, 3.63) is 29.8 Å². The molecule has 19 heavy (non-hydrogen) atoms. The van der Waals surface area contributed by atoms with Gasteiger partial charge in [-0.05, 0) is 38.4 Å². The third-order valence-corrected chi connectivity index (χ3v) is 3.23. The Hall–Kier alpha value is -1.55. The minimum atomic E-state index is -0.306. The van der Waals surface area contributed by atoms with E-state index < -0.39 is 0 Å². The molecule has 3 N–H and O–H groups in total. The molecule has 0 aliphatic carbocycles. The average molecular weight is 263 g/mol. The number of nitrogens with two attached hydrogens (primary N) is 1. The van der Waals surface area contributed by atoms with E-state index in [4.69, 9.17) is 5.73 Å². The van der Waals surface area contributed by atoms with Crippen LogP contribution in [0, 0.1) is 6.92 Å². The predicted molar refractivity (Wildman–Crippen MR) is 80.3 cm³/mol. The fourth-order valence-corrected chi connectivity index (χ4v) is 2.11. The van der Waals surface area contributed by atoms with Crippen molar-refractivity contribution in [1.29, 1.82) is 0 Å². The third kappa shape index (κ3) is 4.56. The minimum Gasteiger partial charge on any atom is -0.369 e. The van der Waals surface area contributed by atoms with E-state index in [0.29, 0.717) is 6.54 Å². The Kier molecular flexibility index (Phi) is 6.36. The second kappa shape index (κ2) is 7.79. The molecule has 4 heteroatoms. The summed E-state index contributed by atoms with van der Waals surface area (Å²) < 4.78 is 0. The van der Waals surface area contributed by atoms with Crippen LogP contribution in [0.1, 0.15) is 25.8 Å². The number of carbonyl (C=O) groups is 1. The summed E-state index contributed by atoms with van der Waals surface area (Å²) >= 11 is 0. The molecule has 1 amide bonds. The van der Waals surface area contributed by atoms with Crippen LogP contribution in [0.15, 0.2) is 24.3 Å². The summed E-state index contributed by atoms with van der Waals surface area (Å²) in [5, 5.41) is 3.21. The number of hydrogen-bond donors (Lipinski definition) is 2. The molecule has 1 aromatic carbocycles. The number of rotatable bonds is 8. The van der Waals surface area contributed by atoms with Crippen LogP contribution < -0.4 is 16.0 Å². The normalized spacial score (nSPS) is 12.2. The van der Waals surface area contributed by atoms with Crippen molar-refractivity contribution in [1.82, 2.24) is 5.32 Å². The second-order valence-electron chi connectivity index (χ2n) is 4.73. The SMILES string of the molecule is CCCNC(CN(CC)c1ccccc1C)C(N)=O. The minimum absolute atomic E-state index is 0.291. The van der Waals surface area contributed by atoms with Gasteiger partial charge in [-0.25, -0.2) is 0 Å². The number of anilines is 1. The highest BCUT2D eigenvalue weighted by molar-refractivity contribution is 5.80. The molecule has 0 saturated carbocycles. The smallest absolute Gasteiger partial charge is 0.236 e. The van der Waals surface area contributed by atoms with Crippen LogP contribution in [0.4, 0.5) is 5.69 Å². The maximum atomic E-state index is 11.5. The Morgan fingerprint density at radius 2 is 2.05 bits per heavy atom. The second-order valence-corrected chi connectivity index (χ2v) is 4.73. The molecule has 1 unspecified atom stereocenters. The zero-order valence-electron chi connectivity index (χ0n) is 12.1. The standard InChI is InChI=1S/C15H25N3O/c1-4-10-17-13(15(16)19)11-18(5-2)14-9-7-6-8-12(14)3/h6-9,13,17H,4-5,10-11H2,1-3H3,(H2,16,19). The van der Waals surface area contributed by atoms with Crippen LogP contribution in [0.5, 0.6) is 0 Å². The van der Waals surface area contributed by atoms with Crippen molar-refractivity contribution in [3.8, 4) is 0 Å². The first-order chi connectivity index (χ1) is 9.10. The number of nitrogens with zero attached hydrogens (tertiary/aromatic N) is 1. The molecule has 0 aliphatic heterocycles. The van der Waals surface area contributed by atoms with Crippen molar-refractivity contribution >= 4 is 11.6 Å². The molecule has 1 atom stereocenters. The molecule has 1 rings (SSSR count). The van der Waals surface area contributed by atoms with E-state index in [1.807, 2.05) is 12.1 Å². The van der Waals surface area contributed by atoms with Gasteiger partial charge < -0.3 is 16.0 Å². The number of benzene rings is 1. The lowest BCUT2D eigenvalue weighted by Crippen LogP contribution is -2.49. The van der Waals surface area contributed by atoms with Gasteiger partial charge in [0.2, 0.25) is 5.91 Å². The van der Waals surface area contributed by atoms with E-state index in [-0.39, 0.29) is 11.9 Å². The average Bonchev–Trinajstić information content (AvgIpc) is 2.40. The molecule has 0 aliphatic rings. The highest BCUT2D eigenvalue weighted by Crippen LogP contribution is 2.19. The lowest BCUT2D eigenvalue weighted by molar-refractivity contribution is -0.119. The van der Waals surface area contributed by atoms with Crippen molar-refractivity contribution in [2.75, 3.05) is 24.5 Å². The zero-order valence-corrected chi connectivity index (χ0v) is 12.1. The summed E-state index contributed by atoms with van der Waals surface area (Å²) in [6.45, 7) is 8.50. The largest absolute Gasteiger partial charge is 0.369 e. The highest BCUT2D eigenvalue weighted by atomic mass is 16.1. The molecule has 0 fully saturated rings. The van der Waals surface area contributed by atoms with Crippen LogP contribution in [-0.2, 0) is 4.79 Å². The van der Waals surface area contributed by atoms with E-state index in [1.54, 1.807) is 0 Å². The summed E-state index contributed by atoms with van der Waals surface area (Å²) in [7, 11) is 0. The maximum absolute atomic E-state index is 11.5. The lowest BCUT2D eigenvalue weighted by atomic mass is 10.1. The molecule has 0 aromatic heterocycles. The molecule has 0 heterocycles. The number of amides is 1. The quantitative estimate of drug-likeness (QED) is 0.750. The van der Waals surface area contributed by atoms with Gasteiger partial charge in [0.15, 0.2) is 0 Å². The molecule has 0 spiro atoms. The number of primary amides is 1. The Labute approximate surface area is 116 Å². The molecule has 4 nitrogen and oxygen atoms in total. The first-order valence-electron chi connectivity index (χ1n) is 6.93.